The van der Waals surface area contributed by atoms with Gasteiger partial charge in [-0.15, -0.1) is 0 Å². The average molecular weight is 328 g/mol. The third-order valence-corrected chi connectivity index (χ3v) is 4.46. The molecule has 0 spiro atoms. The number of alkyl halides is 2. The number of aromatic nitrogens is 1. The van der Waals surface area contributed by atoms with Crippen LogP contribution in [0.1, 0.15) is 22.7 Å². The molecule has 6 nitrogen and oxygen atoms in total. The molecule has 8 heteroatoms. The average Bonchev–Trinajstić information content (AvgIpc) is 2.91. The molecule has 2 aliphatic heterocycles. The molecule has 1 aromatic rings. The lowest BCUT2D eigenvalue weighted by Gasteiger charge is -2.45. The van der Waals surface area contributed by atoms with Crippen LogP contribution in [0, 0.1) is 6.92 Å². The number of amides is 1. The fraction of sp³-hybridized carbons (Fsp3) is 0.733. The molecule has 2 fully saturated rings. The van der Waals surface area contributed by atoms with Crippen LogP contribution in [-0.2, 0) is 0 Å². The second kappa shape index (κ2) is 5.83. The van der Waals surface area contributed by atoms with Crippen LogP contribution in [0.3, 0.4) is 0 Å². The van der Waals surface area contributed by atoms with E-state index in [2.05, 4.69) is 5.16 Å². The minimum absolute atomic E-state index is 0.00901. The Bertz CT molecular complexity index is 584. The van der Waals surface area contributed by atoms with Gasteiger partial charge < -0.3 is 14.3 Å². The van der Waals surface area contributed by atoms with Gasteiger partial charge >= 0.3 is 0 Å². The molecule has 128 valence electrons. The van der Waals surface area contributed by atoms with Crippen molar-refractivity contribution in [3.05, 3.63) is 17.5 Å². The van der Waals surface area contributed by atoms with E-state index in [0.29, 0.717) is 25.4 Å². The number of carbonyl (C=O) groups excluding carboxylic acids is 1. The third-order valence-electron chi connectivity index (χ3n) is 4.46. The van der Waals surface area contributed by atoms with Crippen molar-refractivity contribution in [2.24, 2.45) is 0 Å². The Kier molecular flexibility index (Phi) is 4.14. The molecule has 2 saturated heterocycles. The molecule has 0 saturated carbocycles. The molecule has 3 heterocycles. The summed E-state index contributed by atoms with van der Waals surface area (Å²) in [4.78, 5) is 17.6. The quantitative estimate of drug-likeness (QED) is 0.828. The Labute approximate surface area is 134 Å². The van der Waals surface area contributed by atoms with Gasteiger partial charge in [-0.2, -0.15) is 0 Å². The lowest BCUT2D eigenvalue weighted by molar-refractivity contribution is -0.0117. The van der Waals surface area contributed by atoms with E-state index in [9.17, 15) is 13.6 Å². The molecule has 0 unspecified atom stereocenters. The molecular weight excluding hydrogens is 306 g/mol. The summed E-state index contributed by atoms with van der Waals surface area (Å²) < 4.78 is 32.5. The first-order valence-corrected chi connectivity index (χ1v) is 7.76. The molecule has 0 N–H and O–H groups in total. The molecule has 0 radical (unpaired) electrons. The van der Waals surface area contributed by atoms with Gasteiger partial charge in [-0.3, -0.25) is 9.69 Å². The minimum Gasteiger partial charge on any atom is -0.361 e. The second-order valence-electron chi connectivity index (χ2n) is 6.84. The fourth-order valence-electron chi connectivity index (χ4n) is 3.40. The number of carbonyl (C=O) groups is 1. The van der Waals surface area contributed by atoms with E-state index in [0.717, 1.165) is 0 Å². The Morgan fingerprint density at radius 2 is 2.17 bits per heavy atom. The van der Waals surface area contributed by atoms with Gasteiger partial charge in [0, 0.05) is 44.2 Å². The first-order valence-electron chi connectivity index (χ1n) is 7.76. The van der Waals surface area contributed by atoms with E-state index in [1.54, 1.807) is 17.9 Å². The van der Waals surface area contributed by atoms with Gasteiger partial charge in [-0.05, 0) is 21.0 Å². The van der Waals surface area contributed by atoms with Crippen molar-refractivity contribution in [3.8, 4) is 0 Å². The number of rotatable bonds is 4. The molecule has 0 bridgehead atoms. The molecule has 23 heavy (non-hydrogen) atoms. The molecule has 0 aromatic carbocycles. The maximum absolute atomic E-state index is 13.8. The van der Waals surface area contributed by atoms with Crippen molar-refractivity contribution in [1.29, 1.82) is 0 Å². The van der Waals surface area contributed by atoms with Gasteiger partial charge in [0.15, 0.2) is 5.69 Å². The summed E-state index contributed by atoms with van der Waals surface area (Å²) in [7, 11) is 3.77. The monoisotopic (exact) mass is 328 g/mol. The Morgan fingerprint density at radius 3 is 2.74 bits per heavy atom. The first-order chi connectivity index (χ1) is 10.7. The normalized spacial score (nSPS) is 25.1. The van der Waals surface area contributed by atoms with E-state index in [1.807, 2.05) is 23.9 Å². The highest BCUT2D eigenvalue weighted by Crippen LogP contribution is 2.35. The summed E-state index contributed by atoms with van der Waals surface area (Å²) in [6.07, 6.45) is -0.113. The lowest BCUT2D eigenvalue weighted by atomic mass is 10.0. The fourth-order valence-corrected chi connectivity index (χ4v) is 3.40. The van der Waals surface area contributed by atoms with Crippen molar-refractivity contribution < 1.29 is 18.1 Å². The zero-order valence-electron chi connectivity index (χ0n) is 13.6. The molecule has 1 atom stereocenters. The van der Waals surface area contributed by atoms with Gasteiger partial charge in [0.05, 0.1) is 6.54 Å². The van der Waals surface area contributed by atoms with Crippen molar-refractivity contribution in [1.82, 2.24) is 19.9 Å². The van der Waals surface area contributed by atoms with Gasteiger partial charge in [-0.1, -0.05) is 5.16 Å². The van der Waals surface area contributed by atoms with Crippen LogP contribution in [0.15, 0.2) is 10.6 Å². The van der Waals surface area contributed by atoms with Crippen LogP contribution >= 0.6 is 0 Å². The second-order valence-corrected chi connectivity index (χ2v) is 6.84. The molecule has 1 aromatic heterocycles. The van der Waals surface area contributed by atoms with Crippen LogP contribution in [0.4, 0.5) is 8.78 Å². The van der Waals surface area contributed by atoms with E-state index in [1.165, 1.54) is 0 Å². The van der Waals surface area contributed by atoms with Crippen LogP contribution in [0.5, 0.6) is 0 Å². The number of nitrogens with zero attached hydrogens (tertiary/aromatic N) is 4. The molecule has 2 aliphatic rings. The number of halogens is 2. The highest BCUT2D eigenvalue weighted by molar-refractivity contribution is 5.92. The number of likely N-dealkylation sites (N-methyl/N-ethyl adjacent to an activating group) is 1. The van der Waals surface area contributed by atoms with Crippen LogP contribution in [0.2, 0.25) is 0 Å². The molecular formula is C15H22F2N4O2. The van der Waals surface area contributed by atoms with Crippen LogP contribution in [0.25, 0.3) is 0 Å². The maximum Gasteiger partial charge on any atom is 0.276 e. The Balaban J connectivity index is 1.60. The lowest BCUT2D eigenvalue weighted by Crippen LogP contribution is -2.63. The zero-order valence-corrected chi connectivity index (χ0v) is 13.6. The third kappa shape index (κ3) is 3.37. The van der Waals surface area contributed by atoms with Crippen LogP contribution in [-0.4, -0.2) is 84.0 Å². The van der Waals surface area contributed by atoms with E-state index < -0.39 is 5.92 Å². The highest BCUT2D eigenvalue weighted by atomic mass is 19.3. The topological polar surface area (TPSA) is 52.8 Å². The summed E-state index contributed by atoms with van der Waals surface area (Å²) >= 11 is 0. The van der Waals surface area contributed by atoms with E-state index in [-0.39, 0.29) is 36.7 Å². The number of hydrogen-bond donors (Lipinski definition) is 0. The standard InChI is InChI=1S/C15H22F2N4O2/c1-10-4-13(18-23-10)14(22)20-7-12(8-20)21-9-15(16,17)5-11(21)6-19(2)3/h4,11-12H,5-9H2,1-3H3/t11-/m0/s1. The van der Waals surface area contributed by atoms with Crippen LogP contribution < -0.4 is 0 Å². The zero-order chi connectivity index (χ0) is 16.8. The minimum atomic E-state index is -2.64. The highest BCUT2D eigenvalue weighted by Gasteiger charge is 2.50. The number of likely N-dealkylation sites (tertiary alicyclic amines) is 2. The predicted molar refractivity (Wildman–Crippen MR) is 79.5 cm³/mol. The van der Waals surface area contributed by atoms with Crippen molar-refractivity contribution >= 4 is 5.91 Å². The van der Waals surface area contributed by atoms with Crippen molar-refractivity contribution in [2.45, 2.75) is 31.4 Å². The molecule has 0 aliphatic carbocycles. The van der Waals surface area contributed by atoms with Gasteiger partial charge in [-0.25, -0.2) is 8.78 Å². The summed E-state index contributed by atoms with van der Waals surface area (Å²) in [5.41, 5.74) is 0.276. The smallest absolute Gasteiger partial charge is 0.276 e. The molecule has 3 rings (SSSR count). The number of hydrogen-bond acceptors (Lipinski definition) is 5. The largest absolute Gasteiger partial charge is 0.361 e. The Hall–Kier alpha value is -1.54. The van der Waals surface area contributed by atoms with Crippen molar-refractivity contribution in [2.75, 3.05) is 40.3 Å². The Morgan fingerprint density at radius 1 is 1.48 bits per heavy atom. The van der Waals surface area contributed by atoms with Crippen molar-refractivity contribution in [3.63, 3.8) is 0 Å². The van der Waals surface area contributed by atoms with E-state index in [4.69, 9.17) is 4.52 Å². The maximum atomic E-state index is 13.8. The van der Waals surface area contributed by atoms with Gasteiger partial charge in [0.25, 0.3) is 11.8 Å². The summed E-state index contributed by atoms with van der Waals surface area (Å²) in [5.74, 6) is -2.27. The molecule has 1 amide bonds. The van der Waals surface area contributed by atoms with Gasteiger partial charge in [0.2, 0.25) is 0 Å². The van der Waals surface area contributed by atoms with E-state index >= 15 is 0 Å². The number of aryl methyl sites for hydroxylation is 1. The summed E-state index contributed by atoms with van der Waals surface area (Å²) in [6.45, 7) is 3.03. The summed E-state index contributed by atoms with van der Waals surface area (Å²) in [5, 5.41) is 3.71. The summed E-state index contributed by atoms with van der Waals surface area (Å²) in [6, 6.07) is 1.41. The first kappa shape index (κ1) is 16.3. The van der Waals surface area contributed by atoms with Gasteiger partial charge in [0.1, 0.15) is 5.76 Å². The predicted octanol–water partition coefficient (Wildman–Crippen LogP) is 1.08. The SMILES string of the molecule is Cc1cc(C(=O)N2CC(N3CC(F)(F)C[C@H]3CN(C)C)C2)no1.